The van der Waals surface area contributed by atoms with E-state index in [1.54, 1.807) is 24.1 Å². The molecule has 3 heterocycles. The first-order valence-corrected chi connectivity index (χ1v) is 10.7. The minimum absolute atomic E-state index is 0.190. The van der Waals surface area contributed by atoms with Crippen LogP contribution >= 0.6 is 0 Å². The number of H-pyrrole nitrogens is 1. The molecule has 33 heavy (non-hydrogen) atoms. The van der Waals surface area contributed by atoms with Gasteiger partial charge in [-0.25, -0.2) is 18.7 Å². The highest BCUT2D eigenvalue weighted by Crippen LogP contribution is 2.40. The number of aromatic amines is 1. The Labute approximate surface area is 189 Å². The number of piperidine rings is 1. The standard InChI is InChI=1S/C24H24F2N4O3/c1-14-8-15-9-16(4-5-18(15)29-14)32-23-22-19(27-13-28-23)10-17(31-3)11-20(22)33-21-6-7-30(2)12-24(21,25)26/h4-5,8-11,13,21,29H,6-7,12H2,1-3H3/t21-/m1/s1. The zero-order valence-electron chi connectivity index (χ0n) is 18.6. The number of benzene rings is 2. The van der Waals surface area contributed by atoms with Crippen LogP contribution in [0.1, 0.15) is 12.1 Å². The van der Waals surface area contributed by atoms with E-state index in [9.17, 15) is 8.78 Å². The first-order valence-electron chi connectivity index (χ1n) is 10.7. The molecule has 2 aromatic heterocycles. The summed E-state index contributed by atoms with van der Waals surface area (Å²) in [6, 6.07) is 10.9. The SMILES string of the molecule is COc1cc(O[C@@H]2CCN(C)CC2(F)F)c2c(Oc3ccc4[nH]c(C)cc4c3)ncnc2c1. The van der Waals surface area contributed by atoms with Crippen LogP contribution in [-0.4, -0.2) is 59.1 Å². The predicted octanol–water partition coefficient (Wildman–Crippen LogP) is 4.94. The van der Waals surface area contributed by atoms with Crippen molar-refractivity contribution in [2.75, 3.05) is 27.2 Å². The molecule has 1 aliphatic heterocycles. The lowest BCUT2D eigenvalue weighted by molar-refractivity contribution is -0.134. The highest BCUT2D eigenvalue weighted by Gasteiger charge is 2.45. The Morgan fingerprint density at radius 2 is 1.97 bits per heavy atom. The van der Waals surface area contributed by atoms with Crippen LogP contribution in [0.3, 0.4) is 0 Å². The number of likely N-dealkylation sites (tertiary alicyclic amines) is 1. The summed E-state index contributed by atoms with van der Waals surface area (Å²) in [6.07, 6.45) is 0.274. The summed E-state index contributed by atoms with van der Waals surface area (Å²) in [4.78, 5) is 13.4. The maximum atomic E-state index is 14.7. The fourth-order valence-corrected chi connectivity index (χ4v) is 4.21. The van der Waals surface area contributed by atoms with E-state index in [4.69, 9.17) is 14.2 Å². The van der Waals surface area contributed by atoms with Crippen molar-refractivity contribution in [2.24, 2.45) is 0 Å². The van der Waals surface area contributed by atoms with Crippen LogP contribution in [0.5, 0.6) is 23.1 Å². The van der Waals surface area contributed by atoms with Crippen LogP contribution in [0, 0.1) is 6.92 Å². The molecule has 1 aliphatic rings. The number of aryl methyl sites for hydroxylation is 1. The highest BCUT2D eigenvalue weighted by atomic mass is 19.3. The van der Waals surface area contributed by atoms with Gasteiger partial charge in [-0.15, -0.1) is 0 Å². The van der Waals surface area contributed by atoms with Gasteiger partial charge >= 0.3 is 0 Å². The number of hydrogen-bond donors (Lipinski definition) is 1. The minimum atomic E-state index is -3.00. The van der Waals surface area contributed by atoms with Crippen molar-refractivity contribution >= 4 is 21.8 Å². The number of aromatic nitrogens is 3. The van der Waals surface area contributed by atoms with Gasteiger partial charge in [0.15, 0.2) is 6.10 Å². The van der Waals surface area contributed by atoms with Gasteiger partial charge in [0, 0.05) is 41.7 Å². The molecule has 2 aromatic carbocycles. The van der Waals surface area contributed by atoms with Gasteiger partial charge < -0.3 is 24.1 Å². The van der Waals surface area contributed by atoms with Crippen LogP contribution in [0.4, 0.5) is 8.78 Å². The van der Waals surface area contributed by atoms with Crippen molar-refractivity contribution in [2.45, 2.75) is 25.4 Å². The van der Waals surface area contributed by atoms with Gasteiger partial charge in [-0.2, -0.15) is 0 Å². The number of alkyl halides is 2. The fraction of sp³-hybridized carbons (Fsp3) is 0.333. The van der Waals surface area contributed by atoms with Crippen molar-refractivity contribution in [1.29, 1.82) is 0 Å². The lowest BCUT2D eigenvalue weighted by Crippen LogP contribution is -2.52. The van der Waals surface area contributed by atoms with Crippen molar-refractivity contribution in [1.82, 2.24) is 19.9 Å². The monoisotopic (exact) mass is 454 g/mol. The van der Waals surface area contributed by atoms with Crippen molar-refractivity contribution in [3.8, 4) is 23.1 Å². The Balaban J connectivity index is 1.56. The molecule has 5 rings (SSSR count). The second-order valence-electron chi connectivity index (χ2n) is 8.40. The largest absolute Gasteiger partial charge is 0.497 e. The van der Waals surface area contributed by atoms with Gasteiger partial charge in [-0.05, 0) is 38.2 Å². The smallest absolute Gasteiger partial charge is 0.296 e. The Morgan fingerprint density at radius 3 is 2.76 bits per heavy atom. The lowest BCUT2D eigenvalue weighted by atomic mass is 10.0. The average Bonchev–Trinajstić information content (AvgIpc) is 3.14. The van der Waals surface area contributed by atoms with Crippen LogP contribution in [0.25, 0.3) is 21.8 Å². The Bertz CT molecular complexity index is 1320. The third-order valence-electron chi connectivity index (χ3n) is 5.81. The summed E-state index contributed by atoms with van der Waals surface area (Å²) in [7, 11) is 3.18. The molecule has 172 valence electrons. The first kappa shape index (κ1) is 21.4. The number of hydrogen-bond acceptors (Lipinski definition) is 6. The predicted molar refractivity (Wildman–Crippen MR) is 121 cm³/mol. The molecule has 0 unspecified atom stereocenters. The Morgan fingerprint density at radius 1 is 1.12 bits per heavy atom. The normalized spacial score (nSPS) is 18.5. The number of ether oxygens (including phenoxy) is 3. The molecule has 0 spiro atoms. The number of fused-ring (bicyclic) bond motifs is 2. The summed E-state index contributed by atoms with van der Waals surface area (Å²) >= 11 is 0. The van der Waals surface area contributed by atoms with E-state index >= 15 is 0 Å². The molecule has 4 aromatic rings. The van der Waals surface area contributed by atoms with Gasteiger partial charge in [0.25, 0.3) is 5.92 Å². The molecule has 1 N–H and O–H groups in total. The van der Waals surface area contributed by atoms with Crippen LogP contribution < -0.4 is 14.2 Å². The third kappa shape index (κ3) is 4.16. The molecule has 0 aliphatic carbocycles. The van der Waals surface area contributed by atoms with E-state index in [1.807, 2.05) is 31.2 Å². The van der Waals surface area contributed by atoms with Gasteiger partial charge in [-0.3, -0.25) is 0 Å². The van der Waals surface area contributed by atoms with Gasteiger partial charge in [0.05, 0.1) is 19.2 Å². The van der Waals surface area contributed by atoms with Gasteiger partial charge in [0.1, 0.15) is 29.0 Å². The topological polar surface area (TPSA) is 72.5 Å². The molecule has 1 saturated heterocycles. The maximum absolute atomic E-state index is 14.7. The van der Waals surface area contributed by atoms with Crippen LogP contribution in [0.15, 0.2) is 42.7 Å². The van der Waals surface area contributed by atoms with E-state index in [-0.39, 0.29) is 24.6 Å². The maximum Gasteiger partial charge on any atom is 0.296 e. The zero-order chi connectivity index (χ0) is 23.2. The van der Waals surface area contributed by atoms with Crippen molar-refractivity contribution < 1.29 is 23.0 Å². The summed E-state index contributed by atoms with van der Waals surface area (Å²) in [5.74, 6) is -1.57. The summed E-state index contributed by atoms with van der Waals surface area (Å²) in [5.41, 5.74) is 2.51. The van der Waals surface area contributed by atoms with E-state index < -0.39 is 12.0 Å². The molecule has 0 bridgehead atoms. The molecule has 1 atom stereocenters. The average molecular weight is 454 g/mol. The molecular formula is C24H24F2N4O3. The quantitative estimate of drug-likeness (QED) is 0.461. The van der Waals surface area contributed by atoms with E-state index in [1.165, 1.54) is 13.4 Å². The number of nitrogens with one attached hydrogen (secondary N) is 1. The Kier molecular flexibility index (Phi) is 5.28. The zero-order valence-corrected chi connectivity index (χ0v) is 18.6. The molecular weight excluding hydrogens is 430 g/mol. The van der Waals surface area contributed by atoms with Gasteiger partial charge in [-0.1, -0.05) is 0 Å². The summed E-state index contributed by atoms with van der Waals surface area (Å²) < 4.78 is 46.8. The minimum Gasteiger partial charge on any atom is -0.497 e. The first-order chi connectivity index (χ1) is 15.8. The van der Waals surface area contributed by atoms with Crippen LogP contribution in [-0.2, 0) is 0 Å². The molecule has 0 amide bonds. The number of nitrogens with zero attached hydrogens (tertiary/aromatic N) is 3. The summed E-state index contributed by atoms with van der Waals surface area (Å²) in [5, 5.41) is 1.41. The number of rotatable bonds is 5. The highest BCUT2D eigenvalue weighted by molar-refractivity contribution is 5.91. The van der Waals surface area contributed by atoms with Crippen molar-refractivity contribution in [3.05, 3.63) is 48.4 Å². The number of halogens is 2. The molecule has 7 nitrogen and oxygen atoms in total. The van der Waals surface area contributed by atoms with Crippen molar-refractivity contribution in [3.63, 3.8) is 0 Å². The summed E-state index contributed by atoms with van der Waals surface area (Å²) in [6.45, 7) is 2.13. The molecule has 0 saturated carbocycles. The van der Waals surface area contributed by atoms with E-state index in [0.717, 1.165) is 16.6 Å². The Hall–Kier alpha value is -3.46. The second-order valence-corrected chi connectivity index (χ2v) is 8.40. The van der Waals surface area contributed by atoms with E-state index in [2.05, 4.69) is 15.0 Å². The van der Waals surface area contributed by atoms with Gasteiger partial charge in [0.2, 0.25) is 5.88 Å². The van der Waals surface area contributed by atoms with Crippen LogP contribution in [0.2, 0.25) is 0 Å². The third-order valence-corrected chi connectivity index (χ3v) is 5.81. The van der Waals surface area contributed by atoms with E-state index in [0.29, 0.717) is 28.9 Å². The molecule has 1 fully saturated rings. The fourth-order valence-electron chi connectivity index (χ4n) is 4.21. The lowest BCUT2D eigenvalue weighted by Gasteiger charge is -2.36. The molecule has 0 radical (unpaired) electrons. The molecule has 9 heteroatoms. The number of methoxy groups -OCH3 is 1. The second kappa shape index (κ2) is 8.15.